The zero-order valence-corrected chi connectivity index (χ0v) is 48.6. The molecule has 4 saturated carbocycles. The van der Waals surface area contributed by atoms with Crippen molar-refractivity contribution in [1.82, 2.24) is 19.6 Å². The molecular formula is C52H80N8O16Rh2. The Morgan fingerprint density at radius 2 is 0.513 bits per heavy atom. The fraction of sp³-hybridized carbons (Fsp3) is 0.769. The van der Waals surface area contributed by atoms with Gasteiger partial charge in [-0.2, -0.15) is 0 Å². The number of hydrogen-bond donors (Lipinski definition) is 4. The van der Waals surface area contributed by atoms with Gasteiger partial charge < -0.3 is 39.4 Å². The predicted octanol–water partition coefficient (Wildman–Crippen LogP) is 5.01. The Labute approximate surface area is 482 Å². The number of ether oxygens (including phenoxy) is 4. The smallest absolute Gasteiger partial charge is 0.332 e. The average Bonchev–Trinajstić information content (AvgIpc) is 4.24. The third kappa shape index (κ3) is 20.2. The van der Waals surface area contributed by atoms with Gasteiger partial charge in [0.2, 0.25) is 23.6 Å². The van der Waals surface area contributed by atoms with Crippen LogP contribution in [0.5, 0.6) is 0 Å². The second-order valence-electron chi connectivity index (χ2n) is 20.7. The van der Waals surface area contributed by atoms with Crippen molar-refractivity contribution in [2.75, 3.05) is 54.6 Å². The van der Waals surface area contributed by atoms with Gasteiger partial charge in [-0.1, -0.05) is 77.0 Å². The predicted molar refractivity (Wildman–Crippen MR) is 275 cm³/mol. The van der Waals surface area contributed by atoms with Gasteiger partial charge in [-0.3, -0.25) is 38.8 Å². The minimum atomic E-state index is -0.791. The van der Waals surface area contributed by atoms with E-state index in [0.29, 0.717) is 49.4 Å². The van der Waals surface area contributed by atoms with Gasteiger partial charge in [0, 0.05) is 64.6 Å². The minimum Gasteiger partial charge on any atom is -0.480 e. The molecule has 8 aliphatic rings. The molecule has 24 nitrogen and oxygen atoms in total. The molecule has 0 saturated heterocycles. The molecule has 4 N–H and O–H groups in total. The second kappa shape index (κ2) is 34.1. The molecule has 4 heterocycles. The quantitative estimate of drug-likeness (QED) is 0.113. The van der Waals surface area contributed by atoms with Crippen LogP contribution in [0, 0.1) is 23.7 Å². The van der Waals surface area contributed by atoms with Crippen LogP contribution < -0.4 is 0 Å². The number of esters is 4. The maximum Gasteiger partial charge on any atom is 0.332 e. The number of carbonyl (C=O) groups is 8. The van der Waals surface area contributed by atoms with E-state index in [2.05, 4.69) is 38.9 Å². The topological polar surface area (TPSA) is 317 Å². The van der Waals surface area contributed by atoms with Crippen LogP contribution in [-0.4, -0.2) is 190 Å². The zero-order valence-electron chi connectivity index (χ0n) is 45.4. The van der Waals surface area contributed by atoms with E-state index < -0.39 is 48.0 Å². The fourth-order valence-electron chi connectivity index (χ4n) is 10.9. The number of aliphatic imine (C=N–C) groups is 4. The number of carbonyl (C=O) groups excluding carboxylic acids is 8. The van der Waals surface area contributed by atoms with Gasteiger partial charge >= 0.3 is 23.9 Å². The van der Waals surface area contributed by atoms with Crippen LogP contribution in [-0.2, 0) is 96.3 Å². The molecule has 442 valence electrons. The molecule has 0 aromatic rings. The molecule has 0 aromatic heterocycles. The van der Waals surface area contributed by atoms with Crippen LogP contribution in [0.1, 0.15) is 154 Å². The number of rotatable bonds is 12. The number of hydrogen-bond acceptors (Lipinski definition) is 16. The van der Waals surface area contributed by atoms with E-state index in [1.165, 1.54) is 125 Å². The van der Waals surface area contributed by atoms with E-state index in [0.717, 1.165) is 51.4 Å². The Morgan fingerprint density at radius 1 is 0.346 bits per heavy atom. The molecule has 0 aromatic carbocycles. The van der Waals surface area contributed by atoms with Gasteiger partial charge in [0.1, 0.15) is 0 Å². The van der Waals surface area contributed by atoms with Crippen molar-refractivity contribution < 1.29 is 117 Å². The molecule has 0 bridgehead atoms. The first kappa shape index (κ1) is 67.2. The number of methoxy groups -OCH3 is 4. The van der Waals surface area contributed by atoms with Crippen molar-refractivity contribution in [3.8, 4) is 0 Å². The molecule has 4 fully saturated rings. The summed E-state index contributed by atoms with van der Waals surface area (Å²) in [5, 5.41) is 38.6. The van der Waals surface area contributed by atoms with Gasteiger partial charge in [0.25, 0.3) is 24.1 Å². The summed E-state index contributed by atoms with van der Waals surface area (Å²) < 4.78 is 18.3. The maximum atomic E-state index is 12.1. The largest absolute Gasteiger partial charge is 0.480 e. The van der Waals surface area contributed by atoms with E-state index in [1.54, 1.807) is 0 Å². The number of aliphatic hydroxyl groups excluding tert-OH is 4. The SMILES string of the molecule is COC(=O)[C@@H]1CN(C(=O)CC2CCCCC2)C(O)=N1.COC(=O)[C@@H]1CN(C(=O)CC2CCCCC2)C(O)=N1.COC(=O)[C@@H]1CN(C(=O)CC2CCCCC2)C(O)=N1.COC(=O)[C@@H]1CN(C(=O)CC2CCCCC2)C(O)=N1.[Rh].[Rh]. The average molecular weight is 1280 g/mol. The number of amidine groups is 4. The Hall–Kier alpha value is -5.11. The van der Waals surface area contributed by atoms with Gasteiger partial charge in [-0.05, 0) is 75.0 Å². The monoisotopic (exact) mass is 1280 g/mol. The first-order valence-corrected chi connectivity index (χ1v) is 27.1. The van der Waals surface area contributed by atoms with Crippen molar-refractivity contribution in [2.45, 2.75) is 178 Å². The summed E-state index contributed by atoms with van der Waals surface area (Å²) in [5.41, 5.74) is 0. The first-order chi connectivity index (χ1) is 36.5. The molecule has 26 heteroatoms. The van der Waals surface area contributed by atoms with Crippen LogP contribution >= 0.6 is 0 Å². The van der Waals surface area contributed by atoms with E-state index in [-0.39, 0.29) is 113 Å². The van der Waals surface area contributed by atoms with Crippen molar-refractivity contribution in [1.29, 1.82) is 0 Å². The molecule has 2 radical (unpaired) electrons. The molecule has 0 unspecified atom stereocenters. The number of nitrogens with zero attached hydrogens (tertiary/aromatic N) is 8. The summed E-state index contributed by atoms with van der Waals surface area (Å²) in [6.07, 6.45) is 24.6. The minimum absolute atomic E-state index is 0. The number of aliphatic hydroxyl groups is 4. The second-order valence-corrected chi connectivity index (χ2v) is 20.7. The third-order valence-corrected chi connectivity index (χ3v) is 15.3. The fourth-order valence-corrected chi connectivity index (χ4v) is 10.9. The molecule has 4 aliphatic heterocycles. The van der Waals surface area contributed by atoms with Crippen LogP contribution in [0.4, 0.5) is 0 Å². The zero-order chi connectivity index (χ0) is 55.3. The summed E-state index contributed by atoms with van der Waals surface area (Å²) in [5.74, 6) is -1.15. The summed E-state index contributed by atoms with van der Waals surface area (Å²) in [6.45, 7) is 0.349. The van der Waals surface area contributed by atoms with Crippen LogP contribution in [0.15, 0.2) is 20.0 Å². The Morgan fingerprint density at radius 3 is 0.667 bits per heavy atom. The molecule has 78 heavy (non-hydrogen) atoms. The molecule has 0 spiro atoms. The Kier molecular flexibility index (Phi) is 29.4. The molecule has 4 atom stereocenters. The summed E-state index contributed by atoms with van der Waals surface area (Å²) in [6, 6.07) is -4.62. The molecule has 8 rings (SSSR count). The standard InChI is InChI=1S/4C13H20N2O4.2Rh/c4*1-19-12(17)10-8-15(13(18)14-10)11(16)7-9-5-3-2-4-6-9;;/h4*9-10H,2-8H2,1H3,(H,14,18);;/t4*10-;;/m0000../s1. The normalized spacial score (nSPS) is 23.5. The van der Waals surface area contributed by atoms with Gasteiger partial charge in [0.15, 0.2) is 24.2 Å². The van der Waals surface area contributed by atoms with Crippen molar-refractivity contribution >= 4 is 71.6 Å². The summed E-state index contributed by atoms with van der Waals surface area (Å²) in [7, 11) is 5.06. The van der Waals surface area contributed by atoms with E-state index in [9.17, 15) is 58.8 Å². The number of amides is 4. The summed E-state index contributed by atoms with van der Waals surface area (Å²) >= 11 is 0. The first-order valence-electron chi connectivity index (χ1n) is 27.1. The van der Waals surface area contributed by atoms with Gasteiger partial charge in [0.05, 0.1) is 54.6 Å². The maximum absolute atomic E-state index is 12.1. The Bertz CT molecular complexity index is 1860. The van der Waals surface area contributed by atoms with Crippen LogP contribution in [0.25, 0.3) is 0 Å². The Balaban J connectivity index is 0.000000271. The van der Waals surface area contributed by atoms with Gasteiger partial charge in [-0.15, -0.1) is 0 Å². The van der Waals surface area contributed by atoms with Crippen LogP contribution in [0.3, 0.4) is 0 Å². The van der Waals surface area contributed by atoms with Crippen LogP contribution in [0.2, 0.25) is 0 Å². The molecular weight excluding hydrogens is 1200 g/mol. The van der Waals surface area contributed by atoms with E-state index >= 15 is 0 Å². The molecule has 4 aliphatic carbocycles. The summed E-state index contributed by atoms with van der Waals surface area (Å²) in [4.78, 5) is 114. The van der Waals surface area contributed by atoms with E-state index in [1.807, 2.05) is 0 Å². The van der Waals surface area contributed by atoms with Gasteiger partial charge in [-0.25, -0.2) is 39.1 Å². The van der Waals surface area contributed by atoms with Crippen molar-refractivity contribution in [3.05, 3.63) is 0 Å². The third-order valence-electron chi connectivity index (χ3n) is 15.3. The van der Waals surface area contributed by atoms with Crippen molar-refractivity contribution in [2.24, 2.45) is 43.6 Å². The van der Waals surface area contributed by atoms with E-state index in [4.69, 9.17) is 0 Å². The molecule has 4 amide bonds. The van der Waals surface area contributed by atoms with Crippen molar-refractivity contribution in [3.63, 3.8) is 0 Å².